The Bertz CT molecular complexity index is 1230. The van der Waals surface area contributed by atoms with Crippen molar-refractivity contribution >= 4 is 23.0 Å². The number of rotatable bonds is 4. The van der Waals surface area contributed by atoms with E-state index in [0.717, 1.165) is 27.7 Å². The van der Waals surface area contributed by atoms with Crippen molar-refractivity contribution in [1.29, 1.82) is 0 Å². The zero-order chi connectivity index (χ0) is 20.2. The minimum absolute atomic E-state index is 0.0988. The minimum Gasteiger partial charge on any atom is -0.507 e. The zero-order valence-electron chi connectivity index (χ0n) is 15.8. The van der Waals surface area contributed by atoms with Crippen LogP contribution < -0.4 is 5.43 Å². The van der Waals surface area contributed by atoms with E-state index in [1.807, 2.05) is 55.5 Å². The molecule has 0 fully saturated rings. The second-order valence-electron chi connectivity index (χ2n) is 6.65. The number of aromatic nitrogens is 1. The SMILES string of the molecule is Cc1ccccc1-c1cc(C(=O)N/N=C\c2ccccc2O)c2ccccc2n1. The summed E-state index contributed by atoms with van der Waals surface area (Å²) in [4.78, 5) is 17.6. The van der Waals surface area contributed by atoms with E-state index in [2.05, 4.69) is 10.5 Å². The average Bonchev–Trinajstić information content (AvgIpc) is 2.74. The van der Waals surface area contributed by atoms with Crippen LogP contribution in [-0.2, 0) is 0 Å². The maximum absolute atomic E-state index is 12.9. The Balaban J connectivity index is 1.71. The summed E-state index contributed by atoms with van der Waals surface area (Å²) in [6.07, 6.45) is 1.42. The number of fused-ring (bicyclic) bond motifs is 1. The Kier molecular flexibility index (Phi) is 5.03. The highest BCUT2D eigenvalue weighted by atomic mass is 16.3. The molecule has 4 rings (SSSR count). The number of aromatic hydroxyl groups is 1. The molecule has 1 aromatic heterocycles. The second-order valence-corrected chi connectivity index (χ2v) is 6.65. The quantitative estimate of drug-likeness (QED) is 0.398. The number of hydrogen-bond acceptors (Lipinski definition) is 4. The van der Waals surface area contributed by atoms with Crippen molar-refractivity contribution in [3.63, 3.8) is 0 Å². The van der Waals surface area contributed by atoms with Crippen molar-refractivity contribution in [3.05, 3.63) is 95.6 Å². The number of hydrazone groups is 1. The second kappa shape index (κ2) is 7.94. The monoisotopic (exact) mass is 381 g/mol. The Morgan fingerprint density at radius 1 is 1.00 bits per heavy atom. The lowest BCUT2D eigenvalue weighted by Crippen LogP contribution is -2.18. The van der Waals surface area contributed by atoms with Gasteiger partial charge in [-0.05, 0) is 36.8 Å². The van der Waals surface area contributed by atoms with Gasteiger partial charge < -0.3 is 5.11 Å². The van der Waals surface area contributed by atoms with E-state index in [1.54, 1.807) is 30.3 Å². The lowest BCUT2D eigenvalue weighted by Gasteiger charge is -2.10. The molecular formula is C24H19N3O2. The molecule has 3 aromatic carbocycles. The van der Waals surface area contributed by atoms with E-state index < -0.39 is 0 Å². The Labute approximate surface area is 168 Å². The van der Waals surface area contributed by atoms with Crippen LogP contribution in [0.3, 0.4) is 0 Å². The van der Waals surface area contributed by atoms with Gasteiger partial charge in [0.2, 0.25) is 0 Å². The maximum Gasteiger partial charge on any atom is 0.272 e. The molecule has 0 aliphatic rings. The first kappa shape index (κ1) is 18.4. The third-order valence-electron chi connectivity index (χ3n) is 4.69. The van der Waals surface area contributed by atoms with Crippen molar-refractivity contribution in [3.8, 4) is 17.0 Å². The predicted molar refractivity (Wildman–Crippen MR) is 115 cm³/mol. The summed E-state index contributed by atoms with van der Waals surface area (Å²) in [7, 11) is 0. The van der Waals surface area contributed by atoms with Crippen LogP contribution in [0.15, 0.2) is 84.0 Å². The van der Waals surface area contributed by atoms with Crippen molar-refractivity contribution in [2.75, 3.05) is 0 Å². The number of benzene rings is 3. The molecule has 0 bridgehead atoms. The number of carbonyl (C=O) groups excluding carboxylic acids is 1. The smallest absolute Gasteiger partial charge is 0.272 e. The number of nitrogens with zero attached hydrogens (tertiary/aromatic N) is 2. The van der Waals surface area contributed by atoms with Gasteiger partial charge in [-0.1, -0.05) is 54.6 Å². The number of carbonyl (C=O) groups is 1. The van der Waals surface area contributed by atoms with E-state index in [0.29, 0.717) is 11.1 Å². The van der Waals surface area contributed by atoms with Crippen molar-refractivity contribution < 1.29 is 9.90 Å². The number of phenolic OH excluding ortho intramolecular Hbond substituents is 1. The van der Waals surface area contributed by atoms with E-state index in [4.69, 9.17) is 4.98 Å². The Morgan fingerprint density at radius 3 is 2.55 bits per heavy atom. The first-order valence-electron chi connectivity index (χ1n) is 9.20. The first-order chi connectivity index (χ1) is 14.1. The summed E-state index contributed by atoms with van der Waals surface area (Å²) in [5.41, 5.74) is 7.09. The van der Waals surface area contributed by atoms with E-state index in [-0.39, 0.29) is 11.7 Å². The van der Waals surface area contributed by atoms with Gasteiger partial charge in [0.1, 0.15) is 5.75 Å². The fourth-order valence-electron chi connectivity index (χ4n) is 3.18. The van der Waals surface area contributed by atoms with Gasteiger partial charge in [0.05, 0.1) is 23.0 Å². The molecule has 1 heterocycles. The zero-order valence-corrected chi connectivity index (χ0v) is 15.8. The molecule has 0 unspecified atom stereocenters. The molecule has 2 N–H and O–H groups in total. The molecule has 4 aromatic rings. The van der Waals surface area contributed by atoms with Gasteiger partial charge in [-0.2, -0.15) is 5.10 Å². The van der Waals surface area contributed by atoms with Gasteiger partial charge in [-0.3, -0.25) is 4.79 Å². The topological polar surface area (TPSA) is 74.6 Å². The minimum atomic E-state index is -0.342. The highest BCUT2D eigenvalue weighted by Gasteiger charge is 2.14. The summed E-state index contributed by atoms with van der Waals surface area (Å²) in [6.45, 7) is 2.02. The molecule has 0 aliphatic carbocycles. The fourth-order valence-corrected chi connectivity index (χ4v) is 3.18. The van der Waals surface area contributed by atoms with Crippen molar-refractivity contribution in [2.45, 2.75) is 6.92 Å². The van der Waals surface area contributed by atoms with Gasteiger partial charge >= 0.3 is 0 Å². The number of amides is 1. The molecule has 142 valence electrons. The highest BCUT2D eigenvalue weighted by molar-refractivity contribution is 6.07. The van der Waals surface area contributed by atoms with Gasteiger partial charge in [0.15, 0.2) is 0 Å². The summed E-state index contributed by atoms with van der Waals surface area (Å²) < 4.78 is 0. The molecule has 0 spiro atoms. The summed E-state index contributed by atoms with van der Waals surface area (Å²) in [6, 6.07) is 24.0. The van der Waals surface area contributed by atoms with Crippen LogP contribution in [0.1, 0.15) is 21.5 Å². The third-order valence-corrected chi connectivity index (χ3v) is 4.69. The van der Waals surface area contributed by atoms with Crippen LogP contribution in [0.5, 0.6) is 5.75 Å². The summed E-state index contributed by atoms with van der Waals surface area (Å²) in [5.74, 6) is -0.244. The lowest BCUT2D eigenvalue weighted by molar-refractivity contribution is 0.0956. The summed E-state index contributed by atoms with van der Waals surface area (Å²) in [5, 5.41) is 14.6. The van der Waals surface area contributed by atoms with Crippen molar-refractivity contribution in [2.24, 2.45) is 5.10 Å². The van der Waals surface area contributed by atoms with Gasteiger partial charge in [0.25, 0.3) is 5.91 Å². The van der Waals surface area contributed by atoms with Crippen molar-refractivity contribution in [1.82, 2.24) is 10.4 Å². The molecular weight excluding hydrogens is 362 g/mol. The maximum atomic E-state index is 12.9. The van der Waals surface area contributed by atoms with Crippen LogP contribution >= 0.6 is 0 Å². The number of aryl methyl sites for hydroxylation is 1. The molecule has 0 saturated heterocycles. The molecule has 0 aliphatic heterocycles. The van der Waals surface area contributed by atoms with Gasteiger partial charge in [-0.25, -0.2) is 10.4 Å². The highest BCUT2D eigenvalue weighted by Crippen LogP contribution is 2.27. The molecule has 5 heteroatoms. The normalized spacial score (nSPS) is 11.1. The molecule has 0 atom stereocenters. The van der Waals surface area contributed by atoms with Gasteiger partial charge in [-0.15, -0.1) is 0 Å². The Morgan fingerprint density at radius 2 is 1.72 bits per heavy atom. The van der Waals surface area contributed by atoms with E-state index in [1.165, 1.54) is 6.21 Å². The van der Waals surface area contributed by atoms with E-state index in [9.17, 15) is 9.90 Å². The number of phenols is 1. The van der Waals surface area contributed by atoms with Crippen LogP contribution in [0.2, 0.25) is 0 Å². The molecule has 0 radical (unpaired) electrons. The number of para-hydroxylation sites is 2. The third kappa shape index (κ3) is 3.84. The Hall–Kier alpha value is -3.99. The fraction of sp³-hybridized carbons (Fsp3) is 0.0417. The number of pyridine rings is 1. The van der Waals surface area contributed by atoms with Crippen LogP contribution in [0.4, 0.5) is 0 Å². The van der Waals surface area contributed by atoms with Gasteiger partial charge in [0, 0.05) is 16.5 Å². The first-order valence-corrected chi connectivity index (χ1v) is 9.20. The summed E-state index contributed by atoms with van der Waals surface area (Å²) >= 11 is 0. The average molecular weight is 381 g/mol. The van der Waals surface area contributed by atoms with E-state index >= 15 is 0 Å². The van der Waals surface area contributed by atoms with Crippen LogP contribution in [0.25, 0.3) is 22.2 Å². The molecule has 0 saturated carbocycles. The lowest BCUT2D eigenvalue weighted by atomic mass is 10.0. The number of nitrogens with one attached hydrogen (secondary N) is 1. The standard InChI is InChI=1S/C24H19N3O2/c1-16-8-2-4-10-18(16)22-14-20(19-11-5-6-12-21(19)26-22)24(29)27-25-15-17-9-3-7-13-23(17)28/h2-15,28H,1H3,(H,27,29)/b25-15-. The predicted octanol–water partition coefficient (Wildman–Crippen LogP) is 4.68. The molecule has 1 amide bonds. The molecule has 29 heavy (non-hydrogen) atoms. The van der Waals surface area contributed by atoms with Crippen LogP contribution in [-0.4, -0.2) is 22.2 Å². The van der Waals surface area contributed by atoms with Crippen LogP contribution in [0, 0.1) is 6.92 Å². The molecule has 5 nitrogen and oxygen atoms in total. The largest absolute Gasteiger partial charge is 0.507 e. The number of hydrogen-bond donors (Lipinski definition) is 2.